The van der Waals surface area contributed by atoms with E-state index in [1.54, 1.807) is 30.3 Å². The first-order chi connectivity index (χ1) is 15.8. The Kier molecular flexibility index (Phi) is 7.20. The number of nitrogens with one attached hydrogen (secondary N) is 1. The second-order valence-corrected chi connectivity index (χ2v) is 11.6. The molecule has 1 aliphatic heterocycles. The van der Waals surface area contributed by atoms with Crippen LogP contribution in [0.3, 0.4) is 0 Å². The second-order valence-electron chi connectivity index (χ2n) is 8.79. The predicted octanol–water partition coefficient (Wildman–Crippen LogP) is 3.16. The summed E-state index contributed by atoms with van der Waals surface area (Å²) < 4.78 is 32.8. The highest BCUT2D eigenvalue weighted by atomic mass is 32.2. The first-order valence-electron chi connectivity index (χ1n) is 11.3. The number of carbonyl (C=O) groups excluding carboxylic acids is 2. The molecule has 1 N–H and O–H groups in total. The van der Waals surface area contributed by atoms with E-state index in [4.69, 9.17) is 4.42 Å². The Morgan fingerprint density at radius 1 is 1.27 bits per heavy atom. The van der Waals surface area contributed by atoms with Crippen molar-refractivity contribution < 1.29 is 22.4 Å². The fourth-order valence-electron chi connectivity index (χ4n) is 4.79. The minimum Gasteiger partial charge on any atom is -0.465 e. The summed E-state index contributed by atoms with van der Waals surface area (Å²) in [7, 11) is -3.86. The maximum Gasteiger partial charge on any atom is 0.248 e. The van der Waals surface area contributed by atoms with E-state index < -0.39 is 16.1 Å². The van der Waals surface area contributed by atoms with Gasteiger partial charge in [0.2, 0.25) is 21.8 Å². The van der Waals surface area contributed by atoms with E-state index in [2.05, 4.69) is 10.3 Å². The average Bonchev–Trinajstić information content (AvgIpc) is 3.42. The number of aromatic nitrogens is 1. The Bertz CT molecular complexity index is 1090. The van der Waals surface area contributed by atoms with Gasteiger partial charge >= 0.3 is 0 Å². The summed E-state index contributed by atoms with van der Waals surface area (Å²) >= 11 is 1.32. The van der Waals surface area contributed by atoms with Crippen LogP contribution in [0.4, 0.5) is 5.13 Å². The average molecular weight is 495 g/mol. The lowest BCUT2D eigenvalue weighted by Crippen LogP contribution is -2.58. The number of amides is 2. The fourth-order valence-corrected chi connectivity index (χ4v) is 6.92. The molecular weight excluding hydrogens is 464 g/mol. The third-order valence-electron chi connectivity index (χ3n) is 6.46. The fraction of sp³-hybridized carbons (Fsp3) is 0.591. The number of sulfonamides is 1. The number of aryl methyl sites for hydroxylation is 2. The van der Waals surface area contributed by atoms with Gasteiger partial charge in [-0.15, -0.1) is 11.3 Å². The van der Waals surface area contributed by atoms with E-state index in [1.807, 2.05) is 0 Å². The van der Waals surface area contributed by atoms with Crippen molar-refractivity contribution in [2.24, 2.45) is 5.92 Å². The monoisotopic (exact) mass is 494 g/mol. The Hall–Kier alpha value is -2.24. The van der Waals surface area contributed by atoms with Gasteiger partial charge in [0.1, 0.15) is 22.5 Å². The molecule has 1 aliphatic carbocycles. The molecule has 9 nitrogen and oxygen atoms in total. The molecule has 2 aromatic heterocycles. The standard InChI is InChI=1S/C22H30N4O5S2/c1-15-12-19(16(2)31-15)33(29,30)25-9-10-26(20(27)14-25)18(13-17-6-4-3-5-7-17)21(28)24-22-23-8-11-32-22/h8,11-12,17-18H,3-7,9-10,13-14H2,1-2H3,(H,23,24,28). The zero-order chi connectivity index (χ0) is 23.6. The smallest absolute Gasteiger partial charge is 0.248 e. The molecule has 2 fully saturated rings. The number of anilines is 1. The molecule has 0 bridgehead atoms. The molecule has 180 valence electrons. The van der Waals surface area contributed by atoms with Crippen molar-refractivity contribution >= 4 is 38.3 Å². The summed E-state index contributed by atoms with van der Waals surface area (Å²) in [6, 6.07) is 0.835. The van der Waals surface area contributed by atoms with Crippen molar-refractivity contribution in [3.8, 4) is 0 Å². The third-order valence-corrected chi connectivity index (χ3v) is 9.10. The molecule has 1 unspecified atom stereocenters. The van der Waals surface area contributed by atoms with Crippen LogP contribution in [0.15, 0.2) is 27.0 Å². The quantitative estimate of drug-likeness (QED) is 0.633. The lowest BCUT2D eigenvalue weighted by Gasteiger charge is -2.39. The van der Waals surface area contributed by atoms with Crippen LogP contribution in [-0.2, 0) is 19.6 Å². The molecule has 0 radical (unpaired) electrons. The largest absolute Gasteiger partial charge is 0.465 e. The molecule has 0 spiro atoms. The predicted molar refractivity (Wildman–Crippen MR) is 124 cm³/mol. The Balaban J connectivity index is 1.51. The molecule has 2 aliphatic rings. The number of piperazine rings is 1. The Morgan fingerprint density at radius 2 is 2.03 bits per heavy atom. The van der Waals surface area contributed by atoms with E-state index in [0.29, 0.717) is 29.0 Å². The molecular formula is C22H30N4O5S2. The lowest BCUT2D eigenvalue weighted by atomic mass is 9.84. The highest BCUT2D eigenvalue weighted by Crippen LogP contribution is 2.31. The number of nitrogens with zero attached hydrogens (tertiary/aromatic N) is 3. The van der Waals surface area contributed by atoms with Gasteiger partial charge in [-0.2, -0.15) is 4.31 Å². The minimum atomic E-state index is -3.86. The van der Waals surface area contributed by atoms with Crippen LogP contribution in [0.1, 0.15) is 50.0 Å². The summed E-state index contributed by atoms with van der Waals surface area (Å²) in [6.45, 7) is 3.28. The normalized spacial score (nSPS) is 19.6. The van der Waals surface area contributed by atoms with Crippen LogP contribution in [-0.4, -0.2) is 60.1 Å². The topological polar surface area (TPSA) is 113 Å². The number of rotatable bonds is 7. The van der Waals surface area contributed by atoms with Gasteiger partial charge in [-0.25, -0.2) is 13.4 Å². The second kappa shape index (κ2) is 9.94. The van der Waals surface area contributed by atoms with Crippen LogP contribution in [0, 0.1) is 19.8 Å². The summed E-state index contributed by atoms with van der Waals surface area (Å²) in [4.78, 5) is 32.1. The minimum absolute atomic E-state index is 0.0847. The first-order valence-corrected chi connectivity index (χ1v) is 13.6. The summed E-state index contributed by atoms with van der Waals surface area (Å²) in [6.07, 6.45) is 7.75. The van der Waals surface area contributed by atoms with E-state index in [0.717, 1.165) is 25.7 Å². The van der Waals surface area contributed by atoms with Crippen LogP contribution in [0.25, 0.3) is 0 Å². The number of hydrogen-bond acceptors (Lipinski definition) is 7. The molecule has 11 heteroatoms. The van der Waals surface area contributed by atoms with Gasteiger partial charge in [0.15, 0.2) is 5.13 Å². The van der Waals surface area contributed by atoms with Crippen molar-refractivity contribution in [2.45, 2.75) is 63.3 Å². The summed E-state index contributed by atoms with van der Waals surface area (Å²) in [5, 5.41) is 5.11. The molecule has 2 aromatic rings. The molecule has 1 saturated heterocycles. The van der Waals surface area contributed by atoms with E-state index in [9.17, 15) is 18.0 Å². The van der Waals surface area contributed by atoms with Gasteiger partial charge in [-0.1, -0.05) is 32.1 Å². The lowest BCUT2D eigenvalue weighted by molar-refractivity contribution is -0.142. The van der Waals surface area contributed by atoms with Gasteiger partial charge < -0.3 is 14.6 Å². The maximum atomic E-state index is 13.2. The number of thiazole rings is 1. The van der Waals surface area contributed by atoms with Gasteiger partial charge in [-0.05, 0) is 32.3 Å². The molecule has 2 amide bonds. The highest BCUT2D eigenvalue weighted by Gasteiger charge is 2.40. The first kappa shape index (κ1) is 23.9. The maximum absolute atomic E-state index is 13.2. The van der Waals surface area contributed by atoms with E-state index >= 15 is 0 Å². The molecule has 3 heterocycles. The zero-order valence-corrected chi connectivity index (χ0v) is 20.6. The van der Waals surface area contributed by atoms with Gasteiger partial charge in [0, 0.05) is 24.7 Å². The number of carbonyl (C=O) groups is 2. The summed E-state index contributed by atoms with van der Waals surface area (Å²) in [5.41, 5.74) is 0. The highest BCUT2D eigenvalue weighted by molar-refractivity contribution is 7.89. The third kappa shape index (κ3) is 5.30. The van der Waals surface area contributed by atoms with Crippen molar-refractivity contribution in [1.82, 2.24) is 14.2 Å². The van der Waals surface area contributed by atoms with E-state index in [-0.39, 0.29) is 36.3 Å². The van der Waals surface area contributed by atoms with Crippen molar-refractivity contribution in [3.05, 3.63) is 29.2 Å². The van der Waals surface area contributed by atoms with Crippen LogP contribution in [0.5, 0.6) is 0 Å². The van der Waals surface area contributed by atoms with Gasteiger partial charge in [0.05, 0.1) is 6.54 Å². The van der Waals surface area contributed by atoms with Gasteiger partial charge in [-0.3, -0.25) is 9.59 Å². The molecule has 0 aromatic carbocycles. The summed E-state index contributed by atoms with van der Waals surface area (Å²) in [5.74, 6) is 0.555. The van der Waals surface area contributed by atoms with Crippen molar-refractivity contribution in [2.75, 3.05) is 25.0 Å². The van der Waals surface area contributed by atoms with Crippen LogP contribution in [0.2, 0.25) is 0 Å². The number of furan rings is 1. The van der Waals surface area contributed by atoms with Crippen LogP contribution < -0.4 is 5.32 Å². The van der Waals surface area contributed by atoms with Crippen molar-refractivity contribution in [1.29, 1.82) is 0 Å². The molecule has 1 atom stereocenters. The van der Waals surface area contributed by atoms with E-state index in [1.165, 1.54) is 28.1 Å². The molecule has 33 heavy (non-hydrogen) atoms. The Labute approximate surface area is 198 Å². The van der Waals surface area contributed by atoms with Crippen LogP contribution >= 0.6 is 11.3 Å². The molecule has 1 saturated carbocycles. The van der Waals surface area contributed by atoms with Crippen molar-refractivity contribution in [3.63, 3.8) is 0 Å². The number of hydrogen-bond donors (Lipinski definition) is 1. The molecule has 4 rings (SSSR count). The Morgan fingerprint density at radius 3 is 2.64 bits per heavy atom. The zero-order valence-electron chi connectivity index (χ0n) is 19.0. The van der Waals surface area contributed by atoms with Gasteiger partial charge in [0.25, 0.3) is 0 Å². The SMILES string of the molecule is Cc1cc(S(=O)(=O)N2CCN(C(CC3CCCCC3)C(=O)Nc3nccs3)C(=O)C2)c(C)o1.